The van der Waals surface area contributed by atoms with E-state index in [9.17, 15) is 19.0 Å². The van der Waals surface area contributed by atoms with Crippen LogP contribution >= 0.6 is 0 Å². The predicted octanol–water partition coefficient (Wildman–Crippen LogP) is 1.68. The number of hydrogen-bond donors (Lipinski definition) is 2. The van der Waals surface area contributed by atoms with Gasteiger partial charge in [0.05, 0.1) is 19.8 Å². The molecule has 2 atom stereocenters. The van der Waals surface area contributed by atoms with E-state index in [1.807, 2.05) is 0 Å². The molecule has 8 heteroatoms. The molecule has 0 aromatic heterocycles. The molecule has 2 N–H and O–H groups in total. The summed E-state index contributed by atoms with van der Waals surface area (Å²) in [7, 11) is 1.14. The Kier molecular flexibility index (Phi) is 4.85. The first-order valence-corrected chi connectivity index (χ1v) is 4.91. The van der Waals surface area contributed by atoms with Crippen molar-refractivity contribution in [3.8, 4) is 5.75 Å². The topological polar surface area (TPSA) is 98.5 Å². The van der Waals surface area contributed by atoms with Crippen molar-refractivity contribution in [2.24, 2.45) is 5.11 Å². The third-order valence-electron chi connectivity index (χ3n) is 2.28. The van der Waals surface area contributed by atoms with Gasteiger partial charge in [0.2, 0.25) is 5.82 Å². The smallest absolute Gasteiger partial charge is 0.200 e. The summed E-state index contributed by atoms with van der Waals surface area (Å²) in [4.78, 5) is 2.41. The Morgan fingerprint density at radius 1 is 1.44 bits per heavy atom. The molecular formula is C10H11F2N3O3. The molecule has 0 amide bonds. The van der Waals surface area contributed by atoms with E-state index in [0.717, 1.165) is 19.2 Å². The zero-order valence-corrected chi connectivity index (χ0v) is 9.42. The van der Waals surface area contributed by atoms with E-state index < -0.39 is 23.8 Å². The highest BCUT2D eigenvalue weighted by Crippen LogP contribution is 2.27. The minimum atomic E-state index is -1.51. The van der Waals surface area contributed by atoms with Gasteiger partial charge in [-0.2, -0.15) is 4.39 Å². The summed E-state index contributed by atoms with van der Waals surface area (Å²) in [6, 6.07) is 1.80. The van der Waals surface area contributed by atoms with Gasteiger partial charge in [-0.1, -0.05) is 5.11 Å². The predicted molar refractivity (Wildman–Crippen MR) is 57.9 cm³/mol. The first-order valence-electron chi connectivity index (χ1n) is 4.91. The second-order valence-electron chi connectivity index (χ2n) is 3.44. The minimum absolute atomic E-state index is 0.0774. The number of halogens is 2. The lowest BCUT2D eigenvalue weighted by molar-refractivity contribution is 0.0240. The van der Waals surface area contributed by atoms with Crippen molar-refractivity contribution in [1.82, 2.24) is 0 Å². The van der Waals surface area contributed by atoms with E-state index in [4.69, 9.17) is 5.53 Å². The van der Waals surface area contributed by atoms with Crippen molar-refractivity contribution in [2.45, 2.75) is 12.2 Å². The van der Waals surface area contributed by atoms with E-state index in [2.05, 4.69) is 14.8 Å². The monoisotopic (exact) mass is 259 g/mol. The molecule has 0 saturated heterocycles. The van der Waals surface area contributed by atoms with Crippen molar-refractivity contribution in [3.63, 3.8) is 0 Å². The average Bonchev–Trinajstić information content (AvgIpc) is 2.38. The number of aliphatic hydroxyl groups excluding tert-OH is 2. The van der Waals surface area contributed by atoms with Gasteiger partial charge in [0, 0.05) is 4.91 Å². The maximum absolute atomic E-state index is 13.2. The molecule has 1 aromatic rings. The largest absolute Gasteiger partial charge is 0.494 e. The third kappa shape index (κ3) is 3.07. The molecule has 2 unspecified atom stereocenters. The number of nitrogens with zero attached hydrogens (tertiary/aromatic N) is 3. The van der Waals surface area contributed by atoms with Crippen molar-refractivity contribution < 1.29 is 23.7 Å². The normalized spacial score (nSPS) is 13.6. The highest BCUT2D eigenvalue weighted by molar-refractivity contribution is 5.33. The number of rotatable bonds is 5. The zero-order chi connectivity index (χ0) is 13.7. The second kappa shape index (κ2) is 6.15. The van der Waals surface area contributed by atoms with Crippen LogP contribution in [-0.4, -0.2) is 30.0 Å². The van der Waals surface area contributed by atoms with E-state index >= 15 is 0 Å². The fraction of sp³-hybridized carbons (Fsp3) is 0.400. The number of azide groups is 1. The van der Waals surface area contributed by atoms with Gasteiger partial charge in [-0.3, -0.25) is 0 Å². The van der Waals surface area contributed by atoms with Gasteiger partial charge in [0.1, 0.15) is 6.10 Å². The van der Waals surface area contributed by atoms with E-state index in [1.54, 1.807) is 0 Å². The first kappa shape index (κ1) is 14.2. The summed E-state index contributed by atoms with van der Waals surface area (Å²) >= 11 is 0. The molecule has 0 fully saturated rings. The standard InChI is InChI=1S/C10H11F2N3O3/c1-18-8-3-5(2-6(11)9(8)12)10(17)7(16)4-14-15-13/h2-3,7,10,16-17H,4H2,1H3. The quantitative estimate of drug-likeness (QED) is 0.478. The fourth-order valence-corrected chi connectivity index (χ4v) is 1.35. The second-order valence-corrected chi connectivity index (χ2v) is 3.44. The highest BCUT2D eigenvalue weighted by atomic mass is 19.2. The molecule has 0 aliphatic carbocycles. The summed E-state index contributed by atoms with van der Waals surface area (Å²) in [5.74, 6) is -2.78. The molecule has 0 heterocycles. The van der Waals surface area contributed by atoms with Crippen molar-refractivity contribution in [2.75, 3.05) is 13.7 Å². The van der Waals surface area contributed by atoms with Gasteiger partial charge in [-0.05, 0) is 23.2 Å². The maximum atomic E-state index is 13.2. The molecule has 0 saturated carbocycles. The highest BCUT2D eigenvalue weighted by Gasteiger charge is 2.21. The number of hydrogen-bond acceptors (Lipinski definition) is 4. The molecule has 6 nitrogen and oxygen atoms in total. The van der Waals surface area contributed by atoms with E-state index in [-0.39, 0.29) is 17.9 Å². The molecular weight excluding hydrogens is 248 g/mol. The van der Waals surface area contributed by atoms with Crippen LogP contribution in [0.1, 0.15) is 11.7 Å². The van der Waals surface area contributed by atoms with Crippen molar-refractivity contribution in [3.05, 3.63) is 39.8 Å². The van der Waals surface area contributed by atoms with Gasteiger partial charge in [-0.15, -0.1) is 0 Å². The molecule has 0 bridgehead atoms. The van der Waals surface area contributed by atoms with Crippen LogP contribution in [0.5, 0.6) is 5.75 Å². The maximum Gasteiger partial charge on any atom is 0.200 e. The lowest BCUT2D eigenvalue weighted by Crippen LogP contribution is -2.21. The zero-order valence-electron chi connectivity index (χ0n) is 9.42. The lowest BCUT2D eigenvalue weighted by Gasteiger charge is -2.17. The number of benzene rings is 1. The number of aliphatic hydroxyl groups is 2. The van der Waals surface area contributed by atoms with Crippen LogP contribution in [-0.2, 0) is 0 Å². The fourth-order valence-electron chi connectivity index (χ4n) is 1.35. The van der Waals surface area contributed by atoms with Crippen LogP contribution < -0.4 is 4.74 Å². The summed E-state index contributed by atoms with van der Waals surface area (Å²) in [6.07, 6.45) is -2.94. The van der Waals surface area contributed by atoms with Gasteiger partial charge in [-0.25, -0.2) is 4.39 Å². The molecule has 0 aliphatic rings. The molecule has 18 heavy (non-hydrogen) atoms. The molecule has 0 spiro atoms. The van der Waals surface area contributed by atoms with Crippen molar-refractivity contribution in [1.29, 1.82) is 0 Å². The Labute approximate surface area is 101 Å². The lowest BCUT2D eigenvalue weighted by atomic mass is 10.0. The Morgan fingerprint density at radius 3 is 2.67 bits per heavy atom. The summed E-state index contributed by atoms with van der Waals surface area (Å²) in [5.41, 5.74) is 7.99. The number of ether oxygens (including phenoxy) is 1. The molecule has 1 rings (SSSR count). The van der Waals surface area contributed by atoms with Crippen LogP contribution in [0.15, 0.2) is 17.2 Å². The van der Waals surface area contributed by atoms with Crippen LogP contribution in [0.25, 0.3) is 10.4 Å². The van der Waals surface area contributed by atoms with Gasteiger partial charge in [0.15, 0.2) is 11.6 Å². The van der Waals surface area contributed by atoms with Crippen molar-refractivity contribution >= 4 is 0 Å². The van der Waals surface area contributed by atoms with E-state index in [1.165, 1.54) is 0 Å². The summed E-state index contributed by atoms with van der Waals surface area (Å²) < 4.78 is 30.9. The van der Waals surface area contributed by atoms with E-state index in [0.29, 0.717) is 0 Å². The molecule has 98 valence electrons. The van der Waals surface area contributed by atoms with Crippen LogP contribution in [0, 0.1) is 11.6 Å². The minimum Gasteiger partial charge on any atom is -0.494 e. The number of methoxy groups -OCH3 is 1. The Bertz CT molecular complexity index is 478. The molecule has 1 aromatic carbocycles. The van der Waals surface area contributed by atoms with Gasteiger partial charge < -0.3 is 14.9 Å². The SMILES string of the molecule is COc1cc(C(O)C(O)CN=[N+]=[N-])cc(F)c1F. The van der Waals surface area contributed by atoms with Gasteiger partial charge in [0.25, 0.3) is 0 Å². The van der Waals surface area contributed by atoms with Crippen LogP contribution in [0.4, 0.5) is 8.78 Å². The summed E-state index contributed by atoms with van der Waals surface area (Å²) in [6.45, 7) is -0.390. The Morgan fingerprint density at radius 2 is 2.11 bits per heavy atom. The third-order valence-corrected chi connectivity index (χ3v) is 2.28. The van der Waals surface area contributed by atoms with Crippen LogP contribution in [0.2, 0.25) is 0 Å². The summed E-state index contributed by atoms with van der Waals surface area (Å²) in [5, 5.41) is 22.2. The molecule has 0 radical (unpaired) electrons. The first-order chi connectivity index (χ1) is 8.51. The van der Waals surface area contributed by atoms with Gasteiger partial charge >= 0.3 is 0 Å². The Hall–Kier alpha value is -1.89. The van der Waals surface area contributed by atoms with Crippen LogP contribution in [0.3, 0.4) is 0 Å². The molecule has 0 aliphatic heterocycles. The Balaban J connectivity index is 3.02. The average molecular weight is 259 g/mol.